The lowest BCUT2D eigenvalue weighted by atomic mass is 9.95. The average molecular weight is 1130 g/mol. The van der Waals surface area contributed by atoms with Gasteiger partial charge in [0.25, 0.3) is 0 Å². The molecule has 0 radical (unpaired) electrons. The van der Waals surface area contributed by atoms with Crippen LogP contribution in [0.3, 0.4) is 0 Å². The second-order valence-corrected chi connectivity index (χ2v) is 22.7. The van der Waals surface area contributed by atoms with Gasteiger partial charge in [-0.1, -0.05) is 181 Å². The van der Waals surface area contributed by atoms with Crippen molar-refractivity contribution in [3.05, 3.63) is 0 Å². The molecule has 2 aliphatic rings. The lowest BCUT2D eigenvalue weighted by Gasteiger charge is -2.45. The van der Waals surface area contributed by atoms with E-state index in [1.807, 2.05) is 0 Å². The molecule has 21 nitrogen and oxygen atoms in total. The van der Waals surface area contributed by atoms with E-state index in [0.29, 0.717) is 32.1 Å². The predicted octanol–water partition coefficient (Wildman–Crippen LogP) is 6.16. The lowest BCUT2D eigenvalue weighted by molar-refractivity contribution is -0.304. The van der Waals surface area contributed by atoms with Gasteiger partial charge in [0, 0.05) is 6.42 Å². The monoisotopic (exact) mass is 1130 g/mol. The van der Waals surface area contributed by atoms with Crippen LogP contribution in [0.15, 0.2) is 0 Å². The minimum Gasteiger partial charge on any atom is -0.462 e. The molecule has 13 unspecified atom stereocenters. The standard InChI is InChI=1S/C55H105N2O19P/c1-4-7-10-13-16-19-22-25-28-31-40(60)34-45(62)56-48-51(66)50(65)44(75-54(48)71-38-41(61)36-58)39-72-55-49(52(67)53(43(37-59)74-55)76-77(68,69)70)57-46(63)35-42(32-29-26-23-20-17-14-11-8-5-2)73-47(64)33-30-27-24-21-18-15-12-9-6-3/h40-44,48-55,58-61,65-67H,4-39H2,1-3H3,(H,56,62)(H,57,63)(H2,68,69,70). The summed E-state index contributed by atoms with van der Waals surface area (Å²) < 4.78 is 46.3. The van der Waals surface area contributed by atoms with Crippen LogP contribution in [0.1, 0.15) is 226 Å². The number of aliphatic hydroxyl groups excluding tert-OH is 7. The highest BCUT2D eigenvalue weighted by Gasteiger charge is 2.51. The molecule has 77 heavy (non-hydrogen) atoms. The number of esters is 1. The second-order valence-electron chi connectivity index (χ2n) is 21.5. The molecule has 0 saturated carbocycles. The van der Waals surface area contributed by atoms with Crippen LogP contribution >= 0.6 is 7.82 Å². The van der Waals surface area contributed by atoms with Crippen molar-refractivity contribution in [2.24, 2.45) is 0 Å². The first-order valence-electron chi connectivity index (χ1n) is 29.7. The van der Waals surface area contributed by atoms with Crippen LogP contribution in [0, 0.1) is 0 Å². The summed E-state index contributed by atoms with van der Waals surface area (Å²) in [6, 6.07) is -3.12. The molecule has 0 spiro atoms. The number of amides is 2. The van der Waals surface area contributed by atoms with Crippen LogP contribution in [0.2, 0.25) is 0 Å². The van der Waals surface area contributed by atoms with Crippen molar-refractivity contribution in [2.75, 3.05) is 26.4 Å². The molecular weight excluding hydrogens is 1020 g/mol. The molecule has 2 fully saturated rings. The molecule has 454 valence electrons. The van der Waals surface area contributed by atoms with Crippen LogP contribution in [-0.4, -0.2) is 169 Å². The number of unbranched alkanes of at least 4 members (excludes halogenated alkanes) is 24. The van der Waals surface area contributed by atoms with Crippen LogP contribution in [0.25, 0.3) is 0 Å². The minimum absolute atomic E-state index is 0.175. The largest absolute Gasteiger partial charge is 0.470 e. The molecule has 22 heteroatoms. The van der Waals surface area contributed by atoms with Gasteiger partial charge in [0.1, 0.15) is 60.9 Å². The van der Waals surface area contributed by atoms with E-state index in [1.54, 1.807) is 0 Å². The Bertz CT molecular complexity index is 1570. The molecule has 11 N–H and O–H groups in total. The molecule has 2 heterocycles. The number of hydrogen-bond donors (Lipinski definition) is 11. The molecule has 0 aromatic carbocycles. The van der Waals surface area contributed by atoms with Crippen molar-refractivity contribution in [3.8, 4) is 0 Å². The summed E-state index contributed by atoms with van der Waals surface area (Å²) in [7, 11) is -5.34. The summed E-state index contributed by atoms with van der Waals surface area (Å²) in [5.74, 6) is -1.89. The molecule has 0 aromatic heterocycles. The van der Waals surface area contributed by atoms with E-state index in [-0.39, 0.29) is 19.3 Å². The molecule has 2 saturated heterocycles. The highest BCUT2D eigenvalue weighted by atomic mass is 31.2. The van der Waals surface area contributed by atoms with Gasteiger partial charge in [-0.15, -0.1) is 0 Å². The van der Waals surface area contributed by atoms with E-state index in [4.69, 9.17) is 28.2 Å². The fraction of sp³-hybridized carbons (Fsp3) is 0.945. The van der Waals surface area contributed by atoms with Crippen molar-refractivity contribution in [1.29, 1.82) is 0 Å². The van der Waals surface area contributed by atoms with Crippen molar-refractivity contribution in [2.45, 2.75) is 306 Å². The van der Waals surface area contributed by atoms with Gasteiger partial charge in [-0.05, 0) is 25.7 Å². The summed E-state index contributed by atoms with van der Waals surface area (Å²) in [5.41, 5.74) is 0. The maximum atomic E-state index is 14.0. The smallest absolute Gasteiger partial charge is 0.462 e. The van der Waals surface area contributed by atoms with Gasteiger partial charge in [-0.2, -0.15) is 0 Å². The molecule has 0 bridgehead atoms. The molecule has 13 atom stereocenters. The van der Waals surface area contributed by atoms with E-state index < -0.39 is 132 Å². The fourth-order valence-corrected chi connectivity index (χ4v) is 10.5. The first-order valence-corrected chi connectivity index (χ1v) is 31.2. The molecule has 0 aromatic rings. The van der Waals surface area contributed by atoms with Crippen LogP contribution in [0.5, 0.6) is 0 Å². The maximum absolute atomic E-state index is 14.0. The zero-order valence-electron chi connectivity index (χ0n) is 47.0. The highest BCUT2D eigenvalue weighted by molar-refractivity contribution is 7.46. The zero-order chi connectivity index (χ0) is 56.9. The van der Waals surface area contributed by atoms with E-state index in [1.165, 1.54) is 70.6 Å². The van der Waals surface area contributed by atoms with Crippen molar-refractivity contribution in [3.63, 3.8) is 0 Å². The number of aliphatic hydroxyl groups is 7. The number of nitrogens with one attached hydrogen (secondary N) is 2. The molecule has 0 aliphatic carbocycles. The third kappa shape index (κ3) is 31.8. The Morgan fingerprint density at radius 1 is 0.545 bits per heavy atom. The third-order valence-electron chi connectivity index (χ3n) is 14.4. The Hall–Kier alpha value is -1.92. The SMILES string of the molecule is CCCCCCCCCCCC(=O)OC(CCCCCCCCCCC)CC(=O)NC1C(OCC2OC(OCC(O)CO)C(NC(=O)CC(O)CCCCCCCCCCC)C(O)C2O)OC(CO)C(OP(=O)(O)O)C1O. The summed E-state index contributed by atoms with van der Waals surface area (Å²) in [6.45, 7) is 3.64. The number of rotatable bonds is 47. The van der Waals surface area contributed by atoms with E-state index in [9.17, 15) is 64.5 Å². The maximum Gasteiger partial charge on any atom is 0.470 e. The van der Waals surface area contributed by atoms with Gasteiger partial charge in [0.05, 0.1) is 45.4 Å². The van der Waals surface area contributed by atoms with Crippen LogP contribution in [-0.2, 0) is 47.2 Å². The van der Waals surface area contributed by atoms with E-state index in [0.717, 1.165) is 83.5 Å². The lowest BCUT2D eigenvalue weighted by Crippen LogP contribution is -2.67. The number of carbonyl (C=O) groups is 3. The summed E-state index contributed by atoms with van der Waals surface area (Å²) in [4.78, 5) is 59.8. The van der Waals surface area contributed by atoms with Crippen LogP contribution in [0.4, 0.5) is 0 Å². The first kappa shape index (κ1) is 71.2. The van der Waals surface area contributed by atoms with Gasteiger partial charge >= 0.3 is 13.8 Å². The quantitative estimate of drug-likeness (QED) is 0.0185. The average Bonchev–Trinajstić information content (AvgIpc) is 3.38. The Balaban J connectivity index is 2.21. The van der Waals surface area contributed by atoms with Gasteiger partial charge in [-0.3, -0.25) is 18.9 Å². The van der Waals surface area contributed by atoms with Crippen molar-refractivity contribution in [1.82, 2.24) is 10.6 Å². The van der Waals surface area contributed by atoms with Gasteiger partial charge in [0.2, 0.25) is 11.8 Å². The van der Waals surface area contributed by atoms with E-state index in [2.05, 4.69) is 31.4 Å². The number of ether oxygens (including phenoxy) is 5. The Morgan fingerprint density at radius 3 is 1.48 bits per heavy atom. The Kier molecular flexibility index (Phi) is 39.6. The van der Waals surface area contributed by atoms with Crippen molar-refractivity contribution < 1.29 is 92.7 Å². The second kappa shape index (κ2) is 42.9. The number of phosphoric ester groups is 1. The zero-order valence-corrected chi connectivity index (χ0v) is 47.9. The summed E-state index contributed by atoms with van der Waals surface area (Å²) in [5, 5.41) is 80.0. The first-order chi connectivity index (χ1) is 37.0. The summed E-state index contributed by atoms with van der Waals surface area (Å²) >= 11 is 0. The number of hydrogen-bond acceptors (Lipinski definition) is 17. The molecular formula is C55H105N2O19P. The molecule has 2 rings (SSSR count). The fourth-order valence-electron chi connectivity index (χ4n) is 9.88. The van der Waals surface area contributed by atoms with Gasteiger partial charge in [0.15, 0.2) is 12.6 Å². The normalized spacial score (nSPS) is 25.0. The van der Waals surface area contributed by atoms with E-state index >= 15 is 0 Å². The van der Waals surface area contributed by atoms with Crippen LogP contribution < -0.4 is 10.6 Å². The number of phosphoric acid groups is 1. The topological polar surface area (TPSA) is 330 Å². The Labute approximate surface area is 459 Å². The predicted molar refractivity (Wildman–Crippen MR) is 289 cm³/mol. The molecule has 2 amide bonds. The number of carbonyl (C=O) groups excluding carboxylic acids is 3. The third-order valence-corrected chi connectivity index (χ3v) is 15.0. The van der Waals surface area contributed by atoms with Gasteiger partial charge < -0.3 is 79.9 Å². The van der Waals surface area contributed by atoms with Crippen molar-refractivity contribution >= 4 is 25.6 Å². The Morgan fingerprint density at radius 2 is 0.987 bits per heavy atom. The highest BCUT2D eigenvalue weighted by Crippen LogP contribution is 2.41. The van der Waals surface area contributed by atoms with Gasteiger partial charge in [-0.25, -0.2) is 4.57 Å². The summed E-state index contributed by atoms with van der Waals surface area (Å²) in [6.07, 6.45) is 11.7. The molecule has 2 aliphatic heterocycles. The minimum atomic E-state index is -5.34.